The van der Waals surface area contributed by atoms with Gasteiger partial charge in [0.1, 0.15) is 5.82 Å². The molecule has 3 saturated heterocycles. The minimum atomic E-state index is -0.133. The second-order valence-corrected chi connectivity index (χ2v) is 6.78. The Morgan fingerprint density at radius 1 is 1.05 bits per heavy atom. The summed E-state index contributed by atoms with van der Waals surface area (Å²) in [5.74, 6) is 1.48. The van der Waals surface area contributed by atoms with E-state index in [1.54, 1.807) is 12.1 Å². The Labute approximate surface area is 120 Å². The normalized spacial score (nSPS) is 34.1. The summed E-state index contributed by atoms with van der Waals surface area (Å²) >= 11 is 0. The Bertz CT molecular complexity index is 460. The summed E-state index contributed by atoms with van der Waals surface area (Å²) in [5.41, 5.74) is 1.27. The summed E-state index contributed by atoms with van der Waals surface area (Å²) in [6.07, 6.45) is 5.32. The molecule has 108 valence electrons. The summed E-state index contributed by atoms with van der Waals surface area (Å²) in [6.45, 7) is 3.77. The van der Waals surface area contributed by atoms with E-state index >= 15 is 0 Å². The highest BCUT2D eigenvalue weighted by Crippen LogP contribution is 2.42. The summed E-state index contributed by atoms with van der Waals surface area (Å²) in [5, 5.41) is 3.92. The molecule has 0 amide bonds. The molecular weight excluding hydrogens is 251 g/mol. The van der Waals surface area contributed by atoms with Gasteiger partial charge in [0.25, 0.3) is 0 Å². The third-order valence-electron chi connectivity index (χ3n) is 5.37. The van der Waals surface area contributed by atoms with E-state index in [1.165, 1.54) is 50.9 Å². The lowest BCUT2D eigenvalue weighted by molar-refractivity contribution is 0.0653. The Kier molecular flexibility index (Phi) is 3.27. The number of nitrogens with zero attached hydrogens (tertiary/aromatic N) is 1. The Balaban J connectivity index is 1.50. The average Bonchev–Trinajstić information content (AvgIpc) is 3.32. The molecule has 2 nitrogen and oxygen atoms in total. The van der Waals surface area contributed by atoms with Crippen molar-refractivity contribution in [3.63, 3.8) is 0 Å². The van der Waals surface area contributed by atoms with Crippen molar-refractivity contribution in [1.82, 2.24) is 10.2 Å². The average molecular weight is 274 g/mol. The molecular formula is C17H23FN2. The van der Waals surface area contributed by atoms with Crippen LogP contribution in [0.5, 0.6) is 0 Å². The van der Waals surface area contributed by atoms with Crippen LogP contribution in [0.1, 0.15) is 37.3 Å². The third-order valence-corrected chi connectivity index (χ3v) is 5.37. The second kappa shape index (κ2) is 5.12. The van der Waals surface area contributed by atoms with Crippen molar-refractivity contribution < 1.29 is 4.39 Å². The van der Waals surface area contributed by atoms with E-state index in [0.717, 1.165) is 11.8 Å². The van der Waals surface area contributed by atoms with Crippen molar-refractivity contribution in [2.75, 3.05) is 19.6 Å². The third kappa shape index (κ3) is 2.49. The van der Waals surface area contributed by atoms with Crippen LogP contribution in [-0.4, -0.2) is 30.6 Å². The molecule has 0 aromatic heterocycles. The minimum absolute atomic E-state index is 0.133. The van der Waals surface area contributed by atoms with Gasteiger partial charge in [0.2, 0.25) is 0 Å². The van der Waals surface area contributed by atoms with Crippen molar-refractivity contribution in [2.45, 2.75) is 37.8 Å². The lowest BCUT2D eigenvalue weighted by atomic mass is 9.83. The van der Waals surface area contributed by atoms with Crippen LogP contribution in [0.15, 0.2) is 24.3 Å². The highest BCUT2D eigenvalue weighted by atomic mass is 19.1. The van der Waals surface area contributed by atoms with E-state index in [4.69, 9.17) is 0 Å². The van der Waals surface area contributed by atoms with Gasteiger partial charge in [-0.25, -0.2) is 4.39 Å². The van der Waals surface area contributed by atoms with Crippen LogP contribution in [0.25, 0.3) is 0 Å². The van der Waals surface area contributed by atoms with Gasteiger partial charge in [0, 0.05) is 18.6 Å². The highest BCUT2D eigenvalue weighted by Gasteiger charge is 2.39. The van der Waals surface area contributed by atoms with Crippen molar-refractivity contribution in [3.8, 4) is 0 Å². The first kappa shape index (κ1) is 12.8. The monoisotopic (exact) mass is 274 g/mol. The van der Waals surface area contributed by atoms with Gasteiger partial charge in [-0.1, -0.05) is 12.1 Å². The molecule has 1 aromatic rings. The van der Waals surface area contributed by atoms with Crippen molar-refractivity contribution in [2.24, 2.45) is 11.8 Å². The van der Waals surface area contributed by atoms with Crippen molar-refractivity contribution in [3.05, 3.63) is 35.6 Å². The number of nitrogens with one attached hydrogen (secondary N) is 1. The molecule has 2 unspecified atom stereocenters. The van der Waals surface area contributed by atoms with Gasteiger partial charge in [0.15, 0.2) is 0 Å². The molecule has 2 atom stereocenters. The van der Waals surface area contributed by atoms with E-state index in [2.05, 4.69) is 10.2 Å². The maximum absolute atomic E-state index is 13.1. The number of benzene rings is 1. The van der Waals surface area contributed by atoms with Crippen LogP contribution in [0.2, 0.25) is 0 Å². The number of rotatable bonds is 4. The lowest BCUT2D eigenvalue weighted by Gasteiger charge is -2.46. The summed E-state index contributed by atoms with van der Waals surface area (Å²) < 4.78 is 13.1. The highest BCUT2D eigenvalue weighted by molar-refractivity contribution is 5.22. The SMILES string of the molecule is Fc1ccc(C(NC2CN3CCC2CC3)C2CC2)cc1. The predicted molar refractivity (Wildman–Crippen MR) is 78.0 cm³/mol. The molecule has 3 heteroatoms. The van der Waals surface area contributed by atoms with E-state index < -0.39 is 0 Å². The van der Waals surface area contributed by atoms with Crippen LogP contribution < -0.4 is 5.32 Å². The fourth-order valence-corrected chi connectivity index (χ4v) is 3.99. The lowest BCUT2D eigenvalue weighted by Crippen LogP contribution is -2.56. The maximum atomic E-state index is 13.1. The first-order valence-corrected chi connectivity index (χ1v) is 8.03. The fraction of sp³-hybridized carbons (Fsp3) is 0.647. The second-order valence-electron chi connectivity index (χ2n) is 6.78. The largest absolute Gasteiger partial charge is 0.305 e. The van der Waals surface area contributed by atoms with Gasteiger partial charge in [-0.2, -0.15) is 0 Å². The summed E-state index contributed by atoms with van der Waals surface area (Å²) in [7, 11) is 0. The predicted octanol–water partition coefficient (Wildman–Crippen LogP) is 2.96. The zero-order chi connectivity index (χ0) is 13.5. The van der Waals surface area contributed by atoms with Crippen LogP contribution in [-0.2, 0) is 0 Å². The van der Waals surface area contributed by atoms with Crippen LogP contribution in [0.4, 0.5) is 4.39 Å². The van der Waals surface area contributed by atoms with Crippen molar-refractivity contribution >= 4 is 0 Å². The van der Waals surface area contributed by atoms with Gasteiger partial charge < -0.3 is 10.2 Å². The molecule has 1 aromatic carbocycles. The first-order chi connectivity index (χ1) is 9.79. The standard InChI is InChI=1S/C17H23FN2/c18-15-5-3-14(4-6-15)17(13-1-2-13)19-16-11-20-9-7-12(16)8-10-20/h3-6,12-13,16-17,19H,1-2,7-11H2. The summed E-state index contributed by atoms with van der Waals surface area (Å²) in [6, 6.07) is 8.19. The molecule has 4 aliphatic rings. The minimum Gasteiger partial charge on any atom is -0.305 e. The maximum Gasteiger partial charge on any atom is 0.123 e. The molecule has 1 N–H and O–H groups in total. The Morgan fingerprint density at radius 2 is 1.75 bits per heavy atom. The summed E-state index contributed by atoms with van der Waals surface area (Å²) in [4.78, 5) is 2.59. The molecule has 1 saturated carbocycles. The molecule has 20 heavy (non-hydrogen) atoms. The molecule has 4 fully saturated rings. The molecule has 5 rings (SSSR count). The van der Waals surface area contributed by atoms with Crippen LogP contribution in [0.3, 0.4) is 0 Å². The zero-order valence-electron chi connectivity index (χ0n) is 11.9. The number of fused-ring (bicyclic) bond motifs is 3. The molecule has 1 aliphatic carbocycles. The Hall–Kier alpha value is -0.930. The van der Waals surface area contributed by atoms with E-state index in [9.17, 15) is 4.39 Å². The molecule has 3 aliphatic heterocycles. The number of hydrogen-bond donors (Lipinski definition) is 1. The van der Waals surface area contributed by atoms with E-state index in [1.807, 2.05) is 12.1 Å². The molecule has 2 bridgehead atoms. The van der Waals surface area contributed by atoms with E-state index in [-0.39, 0.29) is 5.82 Å². The Morgan fingerprint density at radius 3 is 2.30 bits per heavy atom. The topological polar surface area (TPSA) is 15.3 Å². The van der Waals surface area contributed by atoms with Crippen LogP contribution in [0, 0.1) is 17.7 Å². The van der Waals surface area contributed by atoms with Gasteiger partial charge in [-0.05, 0) is 68.3 Å². The number of hydrogen-bond acceptors (Lipinski definition) is 2. The smallest absolute Gasteiger partial charge is 0.123 e. The van der Waals surface area contributed by atoms with Crippen molar-refractivity contribution in [1.29, 1.82) is 0 Å². The van der Waals surface area contributed by atoms with Crippen LogP contribution >= 0.6 is 0 Å². The molecule has 0 spiro atoms. The fourth-order valence-electron chi connectivity index (χ4n) is 3.99. The first-order valence-electron chi connectivity index (χ1n) is 8.03. The number of piperidine rings is 3. The number of halogens is 1. The van der Waals surface area contributed by atoms with Gasteiger partial charge in [0.05, 0.1) is 0 Å². The quantitative estimate of drug-likeness (QED) is 0.908. The van der Waals surface area contributed by atoms with E-state index in [0.29, 0.717) is 12.1 Å². The van der Waals surface area contributed by atoms with Gasteiger partial charge in [-0.15, -0.1) is 0 Å². The molecule has 0 radical (unpaired) electrons. The molecule has 3 heterocycles. The van der Waals surface area contributed by atoms with Gasteiger partial charge >= 0.3 is 0 Å². The zero-order valence-corrected chi connectivity index (χ0v) is 11.9. The van der Waals surface area contributed by atoms with Gasteiger partial charge in [-0.3, -0.25) is 0 Å².